The molecular formula is C24H25N3O5S. The molecule has 2 heterocycles. The first kappa shape index (κ1) is 22.7. The van der Waals surface area contributed by atoms with Gasteiger partial charge in [0.15, 0.2) is 5.76 Å². The number of amides is 2. The molecule has 3 N–H and O–H groups in total. The van der Waals surface area contributed by atoms with Gasteiger partial charge in [0.25, 0.3) is 17.5 Å². The summed E-state index contributed by atoms with van der Waals surface area (Å²) in [7, 11) is 0. The zero-order chi connectivity index (χ0) is 23.9. The Morgan fingerprint density at radius 3 is 2.61 bits per heavy atom. The Balaban J connectivity index is 1.61. The number of nitro groups is 1. The van der Waals surface area contributed by atoms with Crippen molar-refractivity contribution in [3.63, 3.8) is 0 Å². The SMILES string of the molecule is CC(C)(C)C1CCc2c(sc(NC(=O)c3ccc(-c4ccccc4[N+](=O)[O-])o3)c2C(N)=O)C1. The van der Waals surface area contributed by atoms with Gasteiger partial charge in [-0.05, 0) is 54.4 Å². The molecular weight excluding hydrogens is 442 g/mol. The minimum absolute atomic E-state index is 0.0162. The summed E-state index contributed by atoms with van der Waals surface area (Å²) in [5.41, 5.74) is 7.26. The minimum Gasteiger partial charge on any atom is -0.451 e. The molecule has 33 heavy (non-hydrogen) atoms. The Bertz CT molecular complexity index is 1250. The molecule has 4 rings (SSSR count). The van der Waals surface area contributed by atoms with Crippen molar-refractivity contribution in [1.29, 1.82) is 0 Å². The van der Waals surface area contributed by atoms with Crippen LogP contribution in [0.2, 0.25) is 0 Å². The van der Waals surface area contributed by atoms with Crippen molar-refractivity contribution in [3.05, 3.63) is 68.3 Å². The predicted molar refractivity (Wildman–Crippen MR) is 127 cm³/mol. The fraction of sp³-hybridized carbons (Fsp3) is 0.333. The molecule has 0 saturated heterocycles. The van der Waals surface area contributed by atoms with Crippen LogP contribution in [0.3, 0.4) is 0 Å². The van der Waals surface area contributed by atoms with E-state index < -0.39 is 16.7 Å². The second-order valence-corrected chi connectivity index (χ2v) is 10.4. The van der Waals surface area contributed by atoms with Crippen molar-refractivity contribution in [1.82, 2.24) is 0 Å². The van der Waals surface area contributed by atoms with Gasteiger partial charge in [0.2, 0.25) is 0 Å². The van der Waals surface area contributed by atoms with Gasteiger partial charge >= 0.3 is 0 Å². The van der Waals surface area contributed by atoms with Crippen LogP contribution in [0.15, 0.2) is 40.8 Å². The van der Waals surface area contributed by atoms with Crippen molar-refractivity contribution >= 4 is 33.8 Å². The summed E-state index contributed by atoms with van der Waals surface area (Å²) in [6.07, 6.45) is 2.53. The van der Waals surface area contributed by atoms with Gasteiger partial charge in [0.05, 0.1) is 16.1 Å². The number of hydrogen-bond donors (Lipinski definition) is 2. The van der Waals surface area contributed by atoms with Gasteiger partial charge in [0, 0.05) is 10.9 Å². The maximum absolute atomic E-state index is 12.9. The standard InChI is InChI=1S/C24H25N3O5S/c1-24(2,3)13-8-9-15-19(12-13)33-23(20(15)21(25)28)26-22(29)18-11-10-17(32-18)14-6-4-5-7-16(14)27(30)31/h4-7,10-11,13H,8-9,12H2,1-3H3,(H2,25,28)(H,26,29). The molecule has 1 aliphatic carbocycles. The number of para-hydroxylation sites is 1. The number of primary amides is 1. The number of hydrogen-bond acceptors (Lipinski definition) is 6. The molecule has 2 aromatic heterocycles. The molecule has 8 nitrogen and oxygen atoms in total. The molecule has 0 bridgehead atoms. The largest absolute Gasteiger partial charge is 0.451 e. The maximum Gasteiger partial charge on any atom is 0.292 e. The van der Waals surface area contributed by atoms with Gasteiger partial charge in [-0.3, -0.25) is 19.7 Å². The Labute approximate surface area is 194 Å². The lowest BCUT2D eigenvalue weighted by Crippen LogP contribution is -2.27. The average Bonchev–Trinajstić information content (AvgIpc) is 3.37. The second-order valence-electron chi connectivity index (χ2n) is 9.27. The van der Waals surface area contributed by atoms with Crippen molar-refractivity contribution in [2.75, 3.05) is 5.32 Å². The normalized spacial score (nSPS) is 15.7. The van der Waals surface area contributed by atoms with Gasteiger partial charge in [-0.2, -0.15) is 0 Å². The molecule has 1 unspecified atom stereocenters. The molecule has 1 aliphatic rings. The first-order chi connectivity index (χ1) is 15.6. The molecule has 1 aromatic carbocycles. The highest BCUT2D eigenvalue weighted by Gasteiger charge is 2.33. The first-order valence-corrected chi connectivity index (χ1v) is 11.5. The number of benzene rings is 1. The molecule has 0 aliphatic heterocycles. The van der Waals surface area contributed by atoms with E-state index in [0.29, 0.717) is 16.5 Å². The lowest BCUT2D eigenvalue weighted by molar-refractivity contribution is -0.384. The highest BCUT2D eigenvalue weighted by Crippen LogP contribution is 2.44. The van der Waals surface area contributed by atoms with E-state index in [1.54, 1.807) is 18.2 Å². The topological polar surface area (TPSA) is 128 Å². The van der Waals surface area contributed by atoms with E-state index in [1.807, 2.05) is 0 Å². The summed E-state index contributed by atoms with van der Waals surface area (Å²) >= 11 is 1.38. The zero-order valence-corrected chi connectivity index (χ0v) is 19.5. The number of fused-ring (bicyclic) bond motifs is 1. The molecule has 3 aromatic rings. The number of rotatable bonds is 5. The summed E-state index contributed by atoms with van der Waals surface area (Å²) in [5.74, 6) is -0.453. The van der Waals surface area contributed by atoms with Crippen LogP contribution in [-0.2, 0) is 12.8 Å². The maximum atomic E-state index is 12.9. The van der Waals surface area contributed by atoms with Crippen LogP contribution in [0.4, 0.5) is 10.7 Å². The van der Waals surface area contributed by atoms with E-state index in [0.717, 1.165) is 29.7 Å². The summed E-state index contributed by atoms with van der Waals surface area (Å²) in [6.45, 7) is 6.62. The van der Waals surface area contributed by atoms with Crippen LogP contribution in [0.1, 0.15) is 58.5 Å². The van der Waals surface area contributed by atoms with Gasteiger partial charge in [-0.25, -0.2) is 0 Å². The number of thiophene rings is 1. The number of anilines is 1. The van der Waals surface area contributed by atoms with Crippen molar-refractivity contribution < 1.29 is 18.9 Å². The zero-order valence-electron chi connectivity index (χ0n) is 18.6. The molecule has 0 radical (unpaired) electrons. The first-order valence-electron chi connectivity index (χ1n) is 10.7. The van der Waals surface area contributed by atoms with Crippen LogP contribution < -0.4 is 11.1 Å². The van der Waals surface area contributed by atoms with E-state index in [1.165, 1.54) is 29.5 Å². The molecule has 0 saturated carbocycles. The third-order valence-corrected chi connectivity index (χ3v) is 7.33. The summed E-state index contributed by atoms with van der Waals surface area (Å²) in [6, 6.07) is 9.12. The lowest BCUT2D eigenvalue weighted by Gasteiger charge is -2.33. The van der Waals surface area contributed by atoms with Crippen LogP contribution in [0.5, 0.6) is 0 Å². The molecule has 172 valence electrons. The van der Waals surface area contributed by atoms with Crippen molar-refractivity contribution in [2.45, 2.75) is 40.0 Å². The smallest absolute Gasteiger partial charge is 0.292 e. The Morgan fingerprint density at radius 1 is 1.21 bits per heavy atom. The van der Waals surface area contributed by atoms with Crippen LogP contribution in [-0.4, -0.2) is 16.7 Å². The van der Waals surface area contributed by atoms with Crippen molar-refractivity contribution in [2.24, 2.45) is 17.1 Å². The van der Waals surface area contributed by atoms with E-state index >= 15 is 0 Å². The summed E-state index contributed by atoms with van der Waals surface area (Å²) in [4.78, 5) is 37.0. The number of nitrogens with zero attached hydrogens (tertiary/aromatic N) is 1. The van der Waals surface area contributed by atoms with Crippen LogP contribution >= 0.6 is 11.3 Å². The Hall–Kier alpha value is -3.46. The number of carbonyl (C=O) groups is 2. The van der Waals surface area contributed by atoms with E-state index in [-0.39, 0.29) is 28.2 Å². The lowest BCUT2D eigenvalue weighted by atomic mass is 9.72. The Kier molecular flexibility index (Phi) is 5.84. The molecule has 2 amide bonds. The van der Waals surface area contributed by atoms with Gasteiger partial charge in [-0.1, -0.05) is 32.9 Å². The third-order valence-electron chi connectivity index (χ3n) is 6.16. The third kappa shape index (κ3) is 4.41. The number of nitrogens with two attached hydrogens (primary N) is 1. The average molecular weight is 468 g/mol. The molecule has 9 heteroatoms. The van der Waals surface area contributed by atoms with Gasteiger partial charge < -0.3 is 15.5 Å². The molecule has 0 fully saturated rings. The van der Waals surface area contributed by atoms with Crippen LogP contribution in [0, 0.1) is 21.4 Å². The fourth-order valence-corrected chi connectivity index (χ4v) is 5.61. The highest BCUT2D eigenvalue weighted by molar-refractivity contribution is 7.17. The quantitative estimate of drug-likeness (QED) is 0.382. The number of carbonyl (C=O) groups excluding carboxylic acids is 2. The van der Waals surface area contributed by atoms with Gasteiger partial charge in [0.1, 0.15) is 10.8 Å². The van der Waals surface area contributed by atoms with Gasteiger partial charge in [-0.15, -0.1) is 11.3 Å². The highest BCUT2D eigenvalue weighted by atomic mass is 32.1. The van der Waals surface area contributed by atoms with Crippen molar-refractivity contribution in [3.8, 4) is 11.3 Å². The monoisotopic (exact) mass is 467 g/mol. The number of nitrogens with one attached hydrogen (secondary N) is 1. The van der Waals surface area contributed by atoms with E-state index in [9.17, 15) is 19.7 Å². The molecule has 0 spiro atoms. The number of furan rings is 1. The summed E-state index contributed by atoms with van der Waals surface area (Å²) in [5, 5.41) is 14.5. The number of nitro benzene ring substituents is 1. The second kappa shape index (κ2) is 8.47. The molecule has 1 atom stereocenters. The predicted octanol–water partition coefficient (Wildman–Crippen LogP) is 5.42. The Morgan fingerprint density at radius 2 is 1.94 bits per heavy atom. The minimum atomic E-state index is -0.572. The summed E-state index contributed by atoms with van der Waals surface area (Å²) < 4.78 is 5.63. The van der Waals surface area contributed by atoms with Crippen LogP contribution in [0.25, 0.3) is 11.3 Å². The van der Waals surface area contributed by atoms with E-state index in [2.05, 4.69) is 26.1 Å². The fourth-order valence-electron chi connectivity index (χ4n) is 4.28. The van der Waals surface area contributed by atoms with E-state index in [4.69, 9.17) is 10.2 Å².